The highest BCUT2D eigenvalue weighted by atomic mass is 127. The molecule has 2 aromatic heterocycles. The molecule has 0 aliphatic rings. The van der Waals surface area contributed by atoms with Gasteiger partial charge in [0.05, 0.1) is 0 Å². The van der Waals surface area contributed by atoms with Crippen LogP contribution in [-0.4, -0.2) is 0 Å². The Kier molecular flexibility index (Phi) is 5.47. The molecular formula is C38H20I2O2. The zero-order valence-corrected chi connectivity index (χ0v) is 26.4. The Morgan fingerprint density at radius 1 is 0.357 bits per heavy atom. The summed E-state index contributed by atoms with van der Waals surface area (Å²) in [5.41, 5.74) is 8.34. The third-order valence-electron chi connectivity index (χ3n) is 8.40. The van der Waals surface area contributed by atoms with Gasteiger partial charge in [-0.2, -0.15) is 0 Å². The highest BCUT2D eigenvalue weighted by Crippen LogP contribution is 2.47. The first kappa shape index (κ1) is 24.7. The van der Waals surface area contributed by atoms with Crippen molar-refractivity contribution in [1.82, 2.24) is 0 Å². The molecule has 0 saturated heterocycles. The van der Waals surface area contributed by atoms with Gasteiger partial charge < -0.3 is 8.83 Å². The first-order valence-corrected chi connectivity index (χ1v) is 16.0. The summed E-state index contributed by atoms with van der Waals surface area (Å²) in [7, 11) is 0. The van der Waals surface area contributed by atoms with E-state index in [0.717, 1.165) is 43.9 Å². The molecule has 9 rings (SSSR count). The van der Waals surface area contributed by atoms with Gasteiger partial charge in [0, 0.05) is 39.5 Å². The normalized spacial score (nSPS) is 12.0. The Bertz CT molecular complexity index is 2370. The van der Waals surface area contributed by atoms with Crippen molar-refractivity contribution in [3.8, 4) is 22.3 Å². The largest absolute Gasteiger partial charge is 0.456 e. The molecule has 2 heterocycles. The van der Waals surface area contributed by atoms with Crippen LogP contribution in [-0.2, 0) is 0 Å². The van der Waals surface area contributed by atoms with Crippen LogP contribution in [0, 0.1) is 7.14 Å². The van der Waals surface area contributed by atoms with Crippen molar-refractivity contribution in [1.29, 1.82) is 0 Å². The van der Waals surface area contributed by atoms with E-state index in [0.29, 0.717) is 0 Å². The van der Waals surface area contributed by atoms with Gasteiger partial charge in [0.1, 0.15) is 22.3 Å². The third-order valence-corrected chi connectivity index (χ3v) is 10.3. The number of rotatable bonds is 2. The molecule has 0 unspecified atom stereocenters. The smallest absolute Gasteiger partial charge is 0.135 e. The van der Waals surface area contributed by atoms with Gasteiger partial charge in [0.15, 0.2) is 0 Å². The van der Waals surface area contributed by atoms with Crippen LogP contribution in [0.15, 0.2) is 130 Å². The molecule has 198 valence electrons. The Morgan fingerprint density at radius 2 is 0.810 bits per heavy atom. The lowest BCUT2D eigenvalue weighted by molar-refractivity contribution is 0.661. The predicted molar refractivity (Wildman–Crippen MR) is 192 cm³/mol. The Hall–Kier alpha value is -3.88. The second-order valence-electron chi connectivity index (χ2n) is 10.7. The number of benzene rings is 7. The van der Waals surface area contributed by atoms with Crippen molar-refractivity contribution in [2.45, 2.75) is 0 Å². The maximum atomic E-state index is 6.63. The van der Waals surface area contributed by atoms with Crippen molar-refractivity contribution in [2.24, 2.45) is 0 Å². The fourth-order valence-corrected chi connectivity index (χ4v) is 7.98. The first-order valence-electron chi connectivity index (χ1n) is 13.8. The summed E-state index contributed by atoms with van der Waals surface area (Å²) >= 11 is 4.84. The molecule has 0 amide bonds. The molecule has 0 fully saturated rings. The summed E-state index contributed by atoms with van der Waals surface area (Å²) in [5.74, 6) is 0. The van der Waals surface area contributed by atoms with Crippen molar-refractivity contribution in [3.05, 3.63) is 128 Å². The van der Waals surface area contributed by atoms with Crippen LogP contribution in [0.2, 0.25) is 0 Å². The van der Waals surface area contributed by atoms with E-state index in [1.54, 1.807) is 0 Å². The van der Waals surface area contributed by atoms with E-state index in [2.05, 4.69) is 167 Å². The van der Waals surface area contributed by atoms with Crippen LogP contribution in [0.25, 0.3) is 87.7 Å². The van der Waals surface area contributed by atoms with E-state index in [9.17, 15) is 0 Å². The third kappa shape index (κ3) is 3.54. The average Bonchev–Trinajstić information content (AvgIpc) is 3.02. The highest BCUT2D eigenvalue weighted by Gasteiger charge is 2.21. The van der Waals surface area contributed by atoms with Gasteiger partial charge in [0.2, 0.25) is 0 Å². The Labute approximate surface area is 268 Å². The van der Waals surface area contributed by atoms with E-state index >= 15 is 0 Å². The van der Waals surface area contributed by atoms with Crippen molar-refractivity contribution < 1.29 is 8.83 Å². The quantitative estimate of drug-likeness (QED) is 0.0996. The number of hydrogen-bond acceptors (Lipinski definition) is 2. The van der Waals surface area contributed by atoms with E-state index in [-0.39, 0.29) is 0 Å². The summed E-state index contributed by atoms with van der Waals surface area (Å²) in [6.07, 6.45) is 0. The van der Waals surface area contributed by atoms with Crippen molar-refractivity contribution in [2.75, 3.05) is 0 Å². The van der Waals surface area contributed by atoms with Gasteiger partial charge >= 0.3 is 0 Å². The monoisotopic (exact) mass is 762 g/mol. The molecule has 0 N–H and O–H groups in total. The van der Waals surface area contributed by atoms with Crippen LogP contribution in [0.5, 0.6) is 0 Å². The minimum atomic E-state index is 0.878. The SMILES string of the molecule is Ic1ccccc1-c1ccc2oc3cccc4c3c(c2c1)c1cccc2oc3ccc(-c5ccccc5I)cc3c4c21. The molecule has 0 saturated carbocycles. The second kappa shape index (κ2) is 9.31. The fourth-order valence-electron chi connectivity index (χ4n) is 6.58. The van der Waals surface area contributed by atoms with Gasteiger partial charge in [-0.25, -0.2) is 0 Å². The number of fused-ring (bicyclic) bond motifs is 6. The molecule has 0 spiro atoms. The Balaban J connectivity index is 1.49. The first-order chi connectivity index (χ1) is 20.7. The van der Waals surface area contributed by atoms with Gasteiger partial charge in [0.25, 0.3) is 0 Å². The summed E-state index contributed by atoms with van der Waals surface area (Å²) in [4.78, 5) is 0. The predicted octanol–water partition coefficient (Wildman–Crippen LogP) is 12.3. The number of halogens is 2. The summed E-state index contributed by atoms with van der Waals surface area (Å²) in [6, 6.07) is 43.1. The van der Waals surface area contributed by atoms with Crippen LogP contribution in [0.4, 0.5) is 0 Å². The van der Waals surface area contributed by atoms with E-state index in [1.165, 1.54) is 50.9 Å². The molecule has 0 atom stereocenters. The van der Waals surface area contributed by atoms with Gasteiger partial charge in [-0.3, -0.25) is 0 Å². The maximum absolute atomic E-state index is 6.63. The van der Waals surface area contributed by atoms with Crippen molar-refractivity contribution in [3.63, 3.8) is 0 Å². The van der Waals surface area contributed by atoms with Gasteiger partial charge in [-0.05, 0) is 127 Å². The van der Waals surface area contributed by atoms with Crippen LogP contribution in [0.1, 0.15) is 0 Å². The maximum Gasteiger partial charge on any atom is 0.135 e. The zero-order valence-electron chi connectivity index (χ0n) is 22.1. The molecule has 0 bridgehead atoms. The molecule has 0 radical (unpaired) electrons. The van der Waals surface area contributed by atoms with Gasteiger partial charge in [-0.1, -0.05) is 72.8 Å². The lowest BCUT2D eigenvalue weighted by Crippen LogP contribution is -1.91. The average molecular weight is 762 g/mol. The van der Waals surface area contributed by atoms with Crippen molar-refractivity contribution >= 4 is 111 Å². The zero-order chi connectivity index (χ0) is 27.9. The lowest BCUT2D eigenvalue weighted by atomic mass is 9.89. The number of hydrogen-bond donors (Lipinski definition) is 0. The van der Waals surface area contributed by atoms with E-state index < -0.39 is 0 Å². The molecule has 0 aliphatic carbocycles. The van der Waals surface area contributed by atoms with Gasteiger partial charge in [-0.15, -0.1) is 0 Å². The molecule has 42 heavy (non-hydrogen) atoms. The lowest BCUT2D eigenvalue weighted by Gasteiger charge is -2.18. The molecule has 4 heteroatoms. The minimum absolute atomic E-state index is 0.878. The molecule has 0 aliphatic heterocycles. The topological polar surface area (TPSA) is 26.3 Å². The van der Waals surface area contributed by atoms with Crippen LogP contribution in [0.3, 0.4) is 0 Å². The van der Waals surface area contributed by atoms with Crippen LogP contribution >= 0.6 is 45.2 Å². The molecular weight excluding hydrogens is 742 g/mol. The molecule has 2 nitrogen and oxygen atoms in total. The minimum Gasteiger partial charge on any atom is -0.456 e. The fraction of sp³-hybridized carbons (Fsp3) is 0. The van der Waals surface area contributed by atoms with E-state index in [1.807, 2.05) is 0 Å². The summed E-state index contributed by atoms with van der Waals surface area (Å²) in [5, 5.41) is 9.28. The summed E-state index contributed by atoms with van der Waals surface area (Å²) in [6.45, 7) is 0. The van der Waals surface area contributed by atoms with Crippen LogP contribution < -0.4 is 0 Å². The highest BCUT2D eigenvalue weighted by molar-refractivity contribution is 14.1. The second-order valence-corrected chi connectivity index (χ2v) is 13.0. The summed E-state index contributed by atoms with van der Waals surface area (Å²) < 4.78 is 15.7. The molecule has 7 aromatic carbocycles. The van der Waals surface area contributed by atoms with E-state index in [4.69, 9.17) is 8.83 Å². The standard InChI is InChI=1S/C38H20I2O2/c39-29-11-3-1-7-23(29)21-15-17-31-27(19-21)35-25-9-5-14-34-38(25)36(26-10-6-13-33(41-31)37(26)35)28-20-22(16-18-32(28)42-34)24-8-2-4-12-30(24)40/h1-20H. The Morgan fingerprint density at radius 3 is 1.26 bits per heavy atom. The molecule has 9 aromatic rings.